The van der Waals surface area contributed by atoms with Crippen LogP contribution in [-0.2, 0) is 13.0 Å². The Hall–Kier alpha value is -2.23. The van der Waals surface area contributed by atoms with Crippen molar-refractivity contribution in [2.75, 3.05) is 12.3 Å². The molecule has 0 radical (unpaired) electrons. The number of aryl methyl sites for hydroxylation is 1. The van der Waals surface area contributed by atoms with Crippen LogP contribution in [0, 0.1) is 6.92 Å². The largest absolute Gasteiger partial charge is 0.459 e. The van der Waals surface area contributed by atoms with Crippen LogP contribution in [0.15, 0.2) is 34.9 Å². The van der Waals surface area contributed by atoms with Crippen molar-refractivity contribution < 1.29 is 9.21 Å². The molecule has 98 valence electrons. The van der Waals surface area contributed by atoms with Crippen molar-refractivity contribution in [3.8, 4) is 0 Å². The summed E-state index contributed by atoms with van der Waals surface area (Å²) in [6, 6.07) is 7.68. The first-order chi connectivity index (χ1) is 9.16. The second kappa shape index (κ2) is 4.46. The second-order valence-corrected chi connectivity index (χ2v) is 4.89. The Labute approximate surface area is 111 Å². The van der Waals surface area contributed by atoms with Crippen molar-refractivity contribution in [3.05, 3.63) is 53.0 Å². The molecule has 1 aromatic carbocycles. The van der Waals surface area contributed by atoms with E-state index < -0.39 is 0 Å². The van der Waals surface area contributed by atoms with Crippen molar-refractivity contribution in [1.29, 1.82) is 0 Å². The van der Waals surface area contributed by atoms with E-state index in [1.54, 1.807) is 6.26 Å². The number of furan rings is 1. The average molecular weight is 256 g/mol. The third kappa shape index (κ3) is 1.99. The van der Waals surface area contributed by atoms with Gasteiger partial charge in [0.05, 0.1) is 6.26 Å². The second-order valence-electron chi connectivity index (χ2n) is 4.89. The highest BCUT2D eigenvalue weighted by molar-refractivity contribution is 5.93. The summed E-state index contributed by atoms with van der Waals surface area (Å²) in [6.45, 7) is 3.16. The van der Waals surface area contributed by atoms with Crippen LogP contribution in [0.4, 0.5) is 5.69 Å². The molecule has 4 heteroatoms. The lowest BCUT2D eigenvalue weighted by molar-refractivity contribution is 0.0701. The van der Waals surface area contributed by atoms with Gasteiger partial charge in [-0.25, -0.2) is 0 Å². The smallest absolute Gasteiger partial charge is 0.290 e. The van der Waals surface area contributed by atoms with E-state index in [4.69, 9.17) is 10.2 Å². The molecule has 2 aromatic rings. The van der Waals surface area contributed by atoms with Crippen molar-refractivity contribution in [2.45, 2.75) is 19.9 Å². The molecule has 0 bridgehead atoms. The molecular weight excluding hydrogens is 240 g/mol. The minimum absolute atomic E-state index is 0.0458. The molecule has 0 spiro atoms. The molecule has 2 N–H and O–H groups in total. The lowest BCUT2D eigenvalue weighted by Gasteiger charge is -2.29. The Morgan fingerprint density at radius 2 is 2.21 bits per heavy atom. The summed E-state index contributed by atoms with van der Waals surface area (Å²) in [6.07, 6.45) is 2.35. The van der Waals surface area contributed by atoms with Gasteiger partial charge >= 0.3 is 0 Å². The zero-order chi connectivity index (χ0) is 13.4. The number of nitrogen functional groups attached to an aromatic ring is 1. The fourth-order valence-electron chi connectivity index (χ4n) is 2.55. The maximum absolute atomic E-state index is 12.4. The maximum atomic E-state index is 12.4. The van der Waals surface area contributed by atoms with Crippen LogP contribution in [0.1, 0.15) is 27.2 Å². The van der Waals surface area contributed by atoms with Gasteiger partial charge in [0, 0.05) is 24.3 Å². The highest BCUT2D eigenvalue weighted by Crippen LogP contribution is 2.25. The number of benzene rings is 1. The topological polar surface area (TPSA) is 59.5 Å². The van der Waals surface area contributed by atoms with Gasteiger partial charge < -0.3 is 15.1 Å². The highest BCUT2D eigenvalue weighted by Gasteiger charge is 2.25. The zero-order valence-electron chi connectivity index (χ0n) is 10.8. The molecule has 2 heterocycles. The molecule has 0 unspecified atom stereocenters. The van der Waals surface area contributed by atoms with Gasteiger partial charge in [-0.2, -0.15) is 0 Å². The Bertz CT molecular complexity index is 631. The van der Waals surface area contributed by atoms with Crippen molar-refractivity contribution >= 4 is 11.6 Å². The van der Waals surface area contributed by atoms with Gasteiger partial charge in [0.25, 0.3) is 5.91 Å². The SMILES string of the molecule is Cc1ccoc1C(=O)N1CCc2c(N)cccc2C1. The van der Waals surface area contributed by atoms with E-state index in [2.05, 4.69) is 0 Å². The first kappa shape index (κ1) is 11.8. The lowest BCUT2D eigenvalue weighted by atomic mass is 9.98. The minimum atomic E-state index is -0.0458. The van der Waals surface area contributed by atoms with Crippen LogP contribution in [0.25, 0.3) is 0 Å². The van der Waals surface area contributed by atoms with Crippen molar-refractivity contribution in [2.24, 2.45) is 0 Å². The number of carbonyl (C=O) groups is 1. The molecule has 0 atom stereocenters. The van der Waals surface area contributed by atoms with Crippen LogP contribution < -0.4 is 5.73 Å². The number of hydrogen-bond donors (Lipinski definition) is 1. The Morgan fingerprint density at radius 1 is 1.37 bits per heavy atom. The molecule has 0 saturated carbocycles. The molecule has 0 aliphatic carbocycles. The minimum Gasteiger partial charge on any atom is -0.459 e. The summed E-state index contributed by atoms with van der Waals surface area (Å²) in [5, 5.41) is 0. The molecule has 19 heavy (non-hydrogen) atoms. The van der Waals surface area contributed by atoms with E-state index in [-0.39, 0.29) is 5.91 Å². The van der Waals surface area contributed by atoms with Crippen LogP contribution in [0.5, 0.6) is 0 Å². The first-order valence-electron chi connectivity index (χ1n) is 6.36. The quantitative estimate of drug-likeness (QED) is 0.797. The molecule has 0 fully saturated rings. The molecule has 3 rings (SSSR count). The fraction of sp³-hybridized carbons (Fsp3) is 0.267. The summed E-state index contributed by atoms with van der Waals surface area (Å²) in [7, 11) is 0. The number of nitrogens with two attached hydrogens (primary N) is 1. The summed E-state index contributed by atoms with van der Waals surface area (Å²) in [5.74, 6) is 0.392. The summed E-state index contributed by atoms with van der Waals surface area (Å²) >= 11 is 0. The summed E-state index contributed by atoms with van der Waals surface area (Å²) in [4.78, 5) is 14.2. The fourth-order valence-corrected chi connectivity index (χ4v) is 2.55. The normalized spacial score (nSPS) is 14.3. The predicted octanol–water partition coefficient (Wildman–Crippen LogP) is 2.37. The number of anilines is 1. The number of hydrogen-bond acceptors (Lipinski definition) is 3. The number of nitrogens with zero attached hydrogens (tertiary/aromatic N) is 1. The van der Waals surface area contributed by atoms with Gasteiger partial charge in [0.1, 0.15) is 0 Å². The standard InChI is InChI=1S/C15H16N2O2/c1-10-6-8-19-14(10)15(18)17-7-5-12-11(9-17)3-2-4-13(12)16/h2-4,6,8H,5,7,9,16H2,1H3. The van der Waals surface area contributed by atoms with Gasteiger partial charge in [-0.3, -0.25) is 4.79 Å². The summed E-state index contributed by atoms with van der Waals surface area (Å²) < 4.78 is 5.28. The number of fused-ring (bicyclic) bond motifs is 1. The third-order valence-electron chi connectivity index (χ3n) is 3.65. The van der Waals surface area contributed by atoms with Crippen LogP contribution in [-0.4, -0.2) is 17.4 Å². The molecular formula is C15H16N2O2. The van der Waals surface area contributed by atoms with E-state index >= 15 is 0 Å². The Kier molecular flexibility index (Phi) is 2.78. The predicted molar refractivity (Wildman–Crippen MR) is 72.7 cm³/mol. The third-order valence-corrected chi connectivity index (χ3v) is 3.65. The zero-order valence-corrected chi connectivity index (χ0v) is 10.8. The Morgan fingerprint density at radius 3 is 2.95 bits per heavy atom. The lowest BCUT2D eigenvalue weighted by Crippen LogP contribution is -2.36. The molecule has 1 aliphatic heterocycles. The average Bonchev–Trinajstić information content (AvgIpc) is 2.84. The van der Waals surface area contributed by atoms with Gasteiger partial charge in [-0.05, 0) is 36.6 Å². The molecule has 1 aromatic heterocycles. The number of carbonyl (C=O) groups excluding carboxylic acids is 1. The van der Waals surface area contributed by atoms with Crippen LogP contribution in [0.3, 0.4) is 0 Å². The maximum Gasteiger partial charge on any atom is 0.290 e. The molecule has 4 nitrogen and oxygen atoms in total. The molecule has 1 aliphatic rings. The van der Waals surface area contributed by atoms with E-state index in [1.165, 1.54) is 5.56 Å². The summed E-state index contributed by atoms with van der Waals surface area (Å²) in [5.41, 5.74) is 9.95. The van der Waals surface area contributed by atoms with Crippen molar-refractivity contribution in [1.82, 2.24) is 4.90 Å². The van der Waals surface area contributed by atoms with E-state index in [0.717, 1.165) is 23.2 Å². The van der Waals surface area contributed by atoms with Crippen LogP contribution in [0.2, 0.25) is 0 Å². The van der Waals surface area contributed by atoms with E-state index in [0.29, 0.717) is 18.8 Å². The highest BCUT2D eigenvalue weighted by atomic mass is 16.3. The monoisotopic (exact) mass is 256 g/mol. The van der Waals surface area contributed by atoms with Gasteiger partial charge in [0.15, 0.2) is 5.76 Å². The van der Waals surface area contributed by atoms with Crippen LogP contribution >= 0.6 is 0 Å². The Balaban J connectivity index is 1.87. The van der Waals surface area contributed by atoms with Crippen molar-refractivity contribution in [3.63, 3.8) is 0 Å². The molecule has 0 saturated heterocycles. The van der Waals surface area contributed by atoms with Gasteiger partial charge in [-0.1, -0.05) is 12.1 Å². The number of rotatable bonds is 1. The van der Waals surface area contributed by atoms with E-state index in [9.17, 15) is 4.79 Å². The van der Waals surface area contributed by atoms with E-state index in [1.807, 2.05) is 36.1 Å². The first-order valence-corrected chi connectivity index (χ1v) is 6.36. The van der Waals surface area contributed by atoms with Gasteiger partial charge in [-0.15, -0.1) is 0 Å². The molecule has 1 amide bonds. The van der Waals surface area contributed by atoms with Gasteiger partial charge in [0.2, 0.25) is 0 Å². The number of amides is 1.